The van der Waals surface area contributed by atoms with E-state index in [0.29, 0.717) is 17.6 Å². The van der Waals surface area contributed by atoms with Gasteiger partial charge in [0.05, 0.1) is 4.92 Å². The van der Waals surface area contributed by atoms with Crippen molar-refractivity contribution in [2.75, 3.05) is 19.1 Å². The molecule has 0 saturated heterocycles. The molecule has 0 aliphatic carbocycles. The molecular formula is C13H19ClN2O2S. The fraction of sp³-hybridized carbons (Fsp3) is 0.538. The van der Waals surface area contributed by atoms with E-state index in [1.165, 1.54) is 6.07 Å². The number of halogens is 1. The lowest BCUT2D eigenvalue weighted by Crippen LogP contribution is -2.29. The average Bonchev–Trinajstić information content (AvgIpc) is 2.38. The number of hydrogen-bond acceptors (Lipinski definition) is 4. The molecule has 0 aliphatic rings. The van der Waals surface area contributed by atoms with Crippen LogP contribution >= 0.6 is 23.4 Å². The van der Waals surface area contributed by atoms with Crippen LogP contribution in [-0.2, 0) is 6.54 Å². The molecule has 0 N–H and O–H groups in total. The largest absolute Gasteiger partial charge is 0.299 e. The lowest BCUT2D eigenvalue weighted by molar-refractivity contribution is -0.384. The van der Waals surface area contributed by atoms with Gasteiger partial charge in [-0.2, -0.15) is 11.8 Å². The van der Waals surface area contributed by atoms with Crippen LogP contribution in [0.15, 0.2) is 18.2 Å². The summed E-state index contributed by atoms with van der Waals surface area (Å²) in [6.45, 7) is 2.78. The maximum Gasteiger partial charge on any atom is 0.269 e. The Bertz CT molecular complexity index is 443. The highest BCUT2D eigenvalue weighted by Gasteiger charge is 2.14. The molecule has 0 amide bonds. The number of nitrogens with zero attached hydrogens (tertiary/aromatic N) is 2. The van der Waals surface area contributed by atoms with Crippen molar-refractivity contribution in [3.8, 4) is 0 Å². The van der Waals surface area contributed by atoms with E-state index in [2.05, 4.69) is 18.1 Å². The van der Waals surface area contributed by atoms with E-state index in [9.17, 15) is 10.1 Å². The summed E-state index contributed by atoms with van der Waals surface area (Å²) in [7, 11) is 2.01. The molecule has 4 nitrogen and oxygen atoms in total. The quantitative estimate of drug-likeness (QED) is 0.567. The molecule has 0 heterocycles. The van der Waals surface area contributed by atoms with Crippen LogP contribution in [0, 0.1) is 10.1 Å². The van der Waals surface area contributed by atoms with E-state index in [4.69, 9.17) is 11.6 Å². The molecule has 1 aromatic carbocycles. The van der Waals surface area contributed by atoms with E-state index in [-0.39, 0.29) is 5.69 Å². The predicted octanol–water partition coefficient (Wildman–Crippen LogP) is 3.82. The Morgan fingerprint density at radius 2 is 2.21 bits per heavy atom. The summed E-state index contributed by atoms with van der Waals surface area (Å²) in [5.74, 6) is 1.11. The second-order valence-corrected chi connectivity index (χ2v) is 5.97. The van der Waals surface area contributed by atoms with Crippen molar-refractivity contribution in [3.05, 3.63) is 38.9 Å². The SMILES string of the molecule is CSCCC(C)N(C)Cc1cc([N+](=O)[O-])ccc1Cl. The van der Waals surface area contributed by atoms with Gasteiger partial charge in [0.2, 0.25) is 0 Å². The van der Waals surface area contributed by atoms with Gasteiger partial charge in [0.25, 0.3) is 5.69 Å². The summed E-state index contributed by atoms with van der Waals surface area (Å²) >= 11 is 7.92. The highest BCUT2D eigenvalue weighted by atomic mass is 35.5. The number of nitro groups is 1. The number of non-ortho nitro benzene ring substituents is 1. The van der Waals surface area contributed by atoms with Crippen molar-refractivity contribution < 1.29 is 4.92 Å². The van der Waals surface area contributed by atoms with Crippen molar-refractivity contribution in [1.82, 2.24) is 4.90 Å². The molecule has 0 saturated carbocycles. The van der Waals surface area contributed by atoms with Gasteiger partial charge < -0.3 is 0 Å². The summed E-state index contributed by atoms with van der Waals surface area (Å²) in [5.41, 5.74) is 0.888. The maximum absolute atomic E-state index is 10.8. The molecule has 6 heteroatoms. The third kappa shape index (κ3) is 5.01. The van der Waals surface area contributed by atoms with Crippen LogP contribution in [0.3, 0.4) is 0 Å². The van der Waals surface area contributed by atoms with Crippen LogP contribution < -0.4 is 0 Å². The number of benzene rings is 1. The Kier molecular flexibility index (Phi) is 6.62. The van der Waals surface area contributed by atoms with Crippen molar-refractivity contribution in [1.29, 1.82) is 0 Å². The second kappa shape index (κ2) is 7.72. The van der Waals surface area contributed by atoms with E-state index >= 15 is 0 Å². The van der Waals surface area contributed by atoms with E-state index in [1.54, 1.807) is 12.1 Å². The smallest absolute Gasteiger partial charge is 0.269 e. The molecule has 0 aromatic heterocycles. The van der Waals surface area contributed by atoms with E-state index < -0.39 is 4.92 Å². The van der Waals surface area contributed by atoms with Gasteiger partial charge in [-0.05, 0) is 44.0 Å². The third-order valence-electron chi connectivity index (χ3n) is 3.15. The Hall–Kier alpha value is -0.780. The molecule has 0 spiro atoms. The van der Waals surface area contributed by atoms with Crippen molar-refractivity contribution in [3.63, 3.8) is 0 Å². The van der Waals surface area contributed by atoms with E-state index in [0.717, 1.165) is 17.7 Å². The molecule has 1 rings (SSSR count). The van der Waals surface area contributed by atoms with Gasteiger partial charge in [-0.3, -0.25) is 15.0 Å². The highest BCUT2D eigenvalue weighted by molar-refractivity contribution is 7.98. The summed E-state index contributed by atoms with van der Waals surface area (Å²) in [6, 6.07) is 5.00. The highest BCUT2D eigenvalue weighted by Crippen LogP contribution is 2.24. The van der Waals surface area contributed by atoms with Crippen LogP contribution in [0.1, 0.15) is 18.9 Å². The molecule has 106 valence electrons. The van der Waals surface area contributed by atoms with Crippen LogP contribution in [0.25, 0.3) is 0 Å². The monoisotopic (exact) mass is 302 g/mol. The van der Waals surface area contributed by atoms with E-state index in [1.807, 2.05) is 18.8 Å². The minimum Gasteiger partial charge on any atom is -0.299 e. The summed E-state index contributed by atoms with van der Waals surface area (Å²) in [6.07, 6.45) is 3.17. The van der Waals surface area contributed by atoms with Crippen LogP contribution in [0.4, 0.5) is 5.69 Å². The lowest BCUT2D eigenvalue weighted by atomic mass is 10.1. The first-order chi connectivity index (χ1) is 8.95. The van der Waals surface area contributed by atoms with Gasteiger partial charge in [0, 0.05) is 29.7 Å². The first kappa shape index (κ1) is 16.3. The summed E-state index contributed by atoms with van der Waals surface area (Å²) < 4.78 is 0. The van der Waals surface area contributed by atoms with Gasteiger partial charge in [-0.15, -0.1) is 0 Å². The molecule has 0 aliphatic heterocycles. The zero-order chi connectivity index (χ0) is 14.4. The van der Waals surface area contributed by atoms with Gasteiger partial charge >= 0.3 is 0 Å². The molecular weight excluding hydrogens is 284 g/mol. The number of rotatable bonds is 7. The number of nitro benzene ring substituents is 1. The fourth-order valence-electron chi connectivity index (χ4n) is 1.73. The molecule has 0 bridgehead atoms. The van der Waals surface area contributed by atoms with Crippen LogP contribution in [-0.4, -0.2) is 34.9 Å². The van der Waals surface area contributed by atoms with Crippen molar-refractivity contribution in [2.45, 2.75) is 25.9 Å². The number of thioether (sulfide) groups is 1. The molecule has 0 radical (unpaired) electrons. The molecule has 1 aromatic rings. The van der Waals surface area contributed by atoms with Gasteiger partial charge in [0.15, 0.2) is 0 Å². The van der Waals surface area contributed by atoms with Crippen molar-refractivity contribution >= 4 is 29.1 Å². The Balaban J connectivity index is 2.75. The summed E-state index contributed by atoms with van der Waals surface area (Å²) in [4.78, 5) is 12.5. The minimum atomic E-state index is -0.392. The molecule has 0 fully saturated rings. The lowest BCUT2D eigenvalue weighted by Gasteiger charge is -2.24. The fourth-order valence-corrected chi connectivity index (χ4v) is 2.48. The zero-order valence-corrected chi connectivity index (χ0v) is 13.0. The first-order valence-corrected chi connectivity index (χ1v) is 7.85. The predicted molar refractivity (Wildman–Crippen MR) is 82.0 cm³/mol. The topological polar surface area (TPSA) is 46.4 Å². The Morgan fingerprint density at radius 3 is 2.79 bits per heavy atom. The maximum atomic E-state index is 10.8. The van der Waals surface area contributed by atoms with Crippen LogP contribution in [0.5, 0.6) is 0 Å². The van der Waals surface area contributed by atoms with Gasteiger partial charge in [0.1, 0.15) is 0 Å². The molecule has 1 unspecified atom stereocenters. The standard InChI is InChI=1S/C13H19ClN2O2S/c1-10(6-7-19-3)15(2)9-11-8-12(16(17)18)4-5-13(11)14/h4-5,8,10H,6-7,9H2,1-3H3. The van der Waals surface area contributed by atoms with Gasteiger partial charge in [-0.25, -0.2) is 0 Å². The normalized spacial score (nSPS) is 12.7. The Labute approximate surface area is 123 Å². The zero-order valence-electron chi connectivity index (χ0n) is 11.4. The first-order valence-electron chi connectivity index (χ1n) is 6.07. The Morgan fingerprint density at radius 1 is 1.53 bits per heavy atom. The summed E-state index contributed by atoms with van der Waals surface area (Å²) in [5, 5.41) is 11.3. The molecule has 1 atom stereocenters. The minimum absolute atomic E-state index is 0.0876. The third-order valence-corrected chi connectivity index (χ3v) is 4.16. The molecule has 19 heavy (non-hydrogen) atoms. The van der Waals surface area contributed by atoms with Crippen molar-refractivity contribution in [2.24, 2.45) is 0 Å². The second-order valence-electron chi connectivity index (χ2n) is 4.58. The number of hydrogen-bond donors (Lipinski definition) is 0. The van der Waals surface area contributed by atoms with Crippen LogP contribution in [0.2, 0.25) is 5.02 Å². The average molecular weight is 303 g/mol. The van der Waals surface area contributed by atoms with Gasteiger partial charge in [-0.1, -0.05) is 11.6 Å².